The van der Waals surface area contributed by atoms with Crippen molar-refractivity contribution in [3.8, 4) is 0 Å². The van der Waals surface area contributed by atoms with E-state index in [9.17, 15) is 9.59 Å². The molecule has 1 rings (SSSR count). The summed E-state index contributed by atoms with van der Waals surface area (Å²) in [5, 5.41) is 0. The molecule has 16 heavy (non-hydrogen) atoms. The van der Waals surface area contributed by atoms with Gasteiger partial charge in [0.25, 0.3) is 0 Å². The van der Waals surface area contributed by atoms with Crippen LogP contribution in [0.5, 0.6) is 0 Å². The Morgan fingerprint density at radius 3 is 2.56 bits per heavy atom. The van der Waals surface area contributed by atoms with Gasteiger partial charge in [0, 0.05) is 11.4 Å². The second-order valence-electron chi connectivity index (χ2n) is 3.49. The van der Waals surface area contributed by atoms with Crippen molar-refractivity contribution in [3.05, 3.63) is 20.8 Å². The number of nitrogens with zero attached hydrogens (tertiary/aromatic N) is 1. The van der Waals surface area contributed by atoms with Gasteiger partial charge in [-0.05, 0) is 41.9 Å². The highest BCUT2D eigenvalue weighted by Crippen LogP contribution is 2.23. The summed E-state index contributed by atoms with van der Waals surface area (Å²) in [4.78, 5) is 25.4. The Morgan fingerprint density at radius 2 is 2.12 bits per heavy atom. The van der Waals surface area contributed by atoms with Crippen LogP contribution in [0.2, 0.25) is 0 Å². The number of carbonyl (C=O) groups is 2. The molecule has 0 radical (unpaired) electrons. The number of rotatable bonds is 5. The van der Waals surface area contributed by atoms with Gasteiger partial charge in [0.15, 0.2) is 0 Å². The van der Waals surface area contributed by atoms with Crippen LogP contribution in [-0.4, -0.2) is 23.1 Å². The van der Waals surface area contributed by atoms with E-state index in [-0.39, 0.29) is 18.1 Å². The van der Waals surface area contributed by atoms with Gasteiger partial charge < -0.3 is 4.90 Å². The Hall–Kier alpha value is -0.680. The third kappa shape index (κ3) is 4.06. The van der Waals surface area contributed by atoms with Crippen molar-refractivity contribution < 1.29 is 9.59 Å². The lowest BCUT2D eigenvalue weighted by Crippen LogP contribution is -2.31. The zero-order valence-electron chi connectivity index (χ0n) is 9.33. The number of hydrogen-bond donors (Lipinski definition) is 0. The predicted octanol–water partition coefficient (Wildman–Crippen LogP) is 2.84. The van der Waals surface area contributed by atoms with Crippen molar-refractivity contribution in [2.75, 3.05) is 6.54 Å². The smallest absolute Gasteiger partial charge is 0.230 e. The number of Topliss-reactive ketones (excluding diaryl/α,β-unsaturated/α-hetero) is 1. The molecule has 0 aliphatic rings. The minimum absolute atomic E-state index is 0.000382. The molecule has 3 nitrogen and oxygen atoms in total. The summed E-state index contributed by atoms with van der Waals surface area (Å²) in [5.41, 5.74) is 0. The minimum atomic E-state index is -0.0977. The normalized spacial score (nSPS) is 10.2. The summed E-state index contributed by atoms with van der Waals surface area (Å²) < 4.78 is 1.05. The van der Waals surface area contributed by atoms with Crippen LogP contribution < -0.4 is 0 Å². The van der Waals surface area contributed by atoms with E-state index in [0.717, 1.165) is 8.66 Å². The van der Waals surface area contributed by atoms with E-state index in [1.54, 1.807) is 16.2 Å². The van der Waals surface area contributed by atoms with Crippen LogP contribution in [0.15, 0.2) is 15.9 Å². The van der Waals surface area contributed by atoms with E-state index in [0.29, 0.717) is 13.1 Å². The number of hydrogen-bond acceptors (Lipinski definition) is 3. The standard InChI is InChI=1S/C11H14BrNO2S/c1-3-13(11(15)6-8(2)14)7-9-4-5-10(12)16-9/h4-5H,3,6-7H2,1-2H3. The largest absolute Gasteiger partial charge is 0.337 e. The third-order valence-corrected chi connectivity index (χ3v) is 3.72. The lowest BCUT2D eigenvalue weighted by atomic mass is 10.2. The number of carbonyl (C=O) groups excluding carboxylic acids is 2. The molecule has 1 heterocycles. The molecule has 0 atom stereocenters. The first-order valence-corrected chi connectivity index (χ1v) is 6.65. The Morgan fingerprint density at radius 1 is 1.44 bits per heavy atom. The Labute approximate surface area is 108 Å². The van der Waals surface area contributed by atoms with Crippen LogP contribution in [0.1, 0.15) is 25.1 Å². The molecule has 0 saturated carbocycles. The molecule has 0 bridgehead atoms. The fourth-order valence-electron chi connectivity index (χ4n) is 1.33. The predicted molar refractivity (Wildman–Crippen MR) is 68.4 cm³/mol. The fraction of sp³-hybridized carbons (Fsp3) is 0.455. The van der Waals surface area contributed by atoms with Crippen LogP contribution in [0, 0.1) is 0 Å². The average Bonchev–Trinajstić information content (AvgIpc) is 2.59. The van der Waals surface area contributed by atoms with Gasteiger partial charge in [-0.25, -0.2) is 0 Å². The quantitative estimate of drug-likeness (QED) is 0.784. The summed E-state index contributed by atoms with van der Waals surface area (Å²) >= 11 is 4.99. The molecule has 0 saturated heterocycles. The molecule has 0 fully saturated rings. The third-order valence-electron chi connectivity index (χ3n) is 2.11. The lowest BCUT2D eigenvalue weighted by Gasteiger charge is -2.19. The van der Waals surface area contributed by atoms with E-state index in [1.165, 1.54) is 6.92 Å². The first kappa shape index (κ1) is 13.4. The topological polar surface area (TPSA) is 37.4 Å². The maximum absolute atomic E-state index is 11.7. The highest BCUT2D eigenvalue weighted by molar-refractivity contribution is 9.11. The molecule has 0 aliphatic heterocycles. The van der Waals surface area contributed by atoms with Gasteiger partial charge in [0.1, 0.15) is 5.78 Å². The van der Waals surface area contributed by atoms with Gasteiger partial charge in [-0.1, -0.05) is 0 Å². The van der Waals surface area contributed by atoms with E-state index >= 15 is 0 Å². The molecular formula is C11H14BrNO2S. The lowest BCUT2D eigenvalue weighted by molar-refractivity contribution is -0.135. The monoisotopic (exact) mass is 303 g/mol. The second-order valence-corrected chi connectivity index (χ2v) is 6.04. The second kappa shape index (κ2) is 6.15. The average molecular weight is 304 g/mol. The van der Waals surface area contributed by atoms with Crippen molar-refractivity contribution in [1.82, 2.24) is 4.90 Å². The first-order chi connectivity index (χ1) is 7.52. The molecule has 1 aromatic heterocycles. The minimum Gasteiger partial charge on any atom is -0.337 e. The van der Waals surface area contributed by atoms with Crippen molar-refractivity contribution in [1.29, 1.82) is 0 Å². The number of halogens is 1. The van der Waals surface area contributed by atoms with Crippen molar-refractivity contribution in [2.45, 2.75) is 26.8 Å². The molecule has 0 unspecified atom stereocenters. The molecule has 1 amide bonds. The van der Waals surface area contributed by atoms with E-state index in [1.807, 2.05) is 19.1 Å². The van der Waals surface area contributed by atoms with Crippen LogP contribution in [0.4, 0.5) is 0 Å². The SMILES string of the molecule is CCN(Cc1ccc(Br)s1)C(=O)CC(C)=O. The van der Waals surface area contributed by atoms with Gasteiger partial charge >= 0.3 is 0 Å². The van der Waals surface area contributed by atoms with Crippen molar-refractivity contribution in [2.24, 2.45) is 0 Å². The summed E-state index contributed by atoms with van der Waals surface area (Å²) in [7, 11) is 0. The molecule has 0 aromatic carbocycles. The van der Waals surface area contributed by atoms with E-state index in [2.05, 4.69) is 15.9 Å². The van der Waals surface area contributed by atoms with Gasteiger partial charge in [0.2, 0.25) is 5.91 Å². The Kier molecular flexibility index (Phi) is 5.15. The van der Waals surface area contributed by atoms with E-state index < -0.39 is 0 Å². The summed E-state index contributed by atoms with van der Waals surface area (Å²) in [6, 6.07) is 3.95. The molecule has 1 aromatic rings. The maximum Gasteiger partial charge on any atom is 0.230 e. The van der Waals surface area contributed by atoms with E-state index in [4.69, 9.17) is 0 Å². The van der Waals surface area contributed by atoms with Gasteiger partial charge in [-0.15, -0.1) is 11.3 Å². The molecular weight excluding hydrogens is 290 g/mol. The summed E-state index contributed by atoms with van der Waals surface area (Å²) in [6.07, 6.45) is 0.000382. The molecule has 5 heteroatoms. The van der Waals surface area contributed by atoms with Crippen molar-refractivity contribution >= 4 is 39.0 Å². The Balaban J connectivity index is 2.61. The summed E-state index contributed by atoms with van der Waals surface area (Å²) in [6.45, 7) is 4.56. The maximum atomic E-state index is 11.7. The van der Waals surface area contributed by atoms with Crippen LogP contribution in [-0.2, 0) is 16.1 Å². The highest BCUT2D eigenvalue weighted by atomic mass is 79.9. The first-order valence-electron chi connectivity index (χ1n) is 5.04. The molecule has 0 spiro atoms. The highest BCUT2D eigenvalue weighted by Gasteiger charge is 2.14. The number of thiophene rings is 1. The van der Waals surface area contributed by atoms with Gasteiger partial charge in [-0.3, -0.25) is 9.59 Å². The van der Waals surface area contributed by atoms with Crippen molar-refractivity contribution in [3.63, 3.8) is 0 Å². The molecule has 0 N–H and O–H groups in total. The summed E-state index contributed by atoms with van der Waals surface area (Å²) in [5.74, 6) is -0.185. The van der Waals surface area contributed by atoms with Gasteiger partial charge in [-0.2, -0.15) is 0 Å². The number of ketones is 1. The van der Waals surface area contributed by atoms with Crippen LogP contribution in [0.25, 0.3) is 0 Å². The zero-order valence-corrected chi connectivity index (χ0v) is 11.7. The molecule has 0 aliphatic carbocycles. The van der Waals surface area contributed by atoms with Crippen LogP contribution >= 0.6 is 27.3 Å². The van der Waals surface area contributed by atoms with Crippen LogP contribution in [0.3, 0.4) is 0 Å². The molecule has 88 valence electrons. The van der Waals surface area contributed by atoms with Gasteiger partial charge in [0.05, 0.1) is 16.8 Å². The number of amides is 1. The zero-order chi connectivity index (χ0) is 12.1. The Bertz CT molecular complexity index is 389. The fourth-order valence-corrected chi connectivity index (χ4v) is 2.82.